The van der Waals surface area contributed by atoms with E-state index in [2.05, 4.69) is 6.07 Å². The Morgan fingerprint density at radius 1 is 1.11 bits per heavy atom. The molecule has 2 rings (SSSR count). The van der Waals surface area contributed by atoms with E-state index in [9.17, 15) is 0 Å². The molecule has 0 radical (unpaired) electrons. The number of fused-ring (bicyclic) bond motifs is 1. The summed E-state index contributed by atoms with van der Waals surface area (Å²) in [5.41, 5.74) is 8.91. The molecule has 0 aliphatic heterocycles. The monoisotopic (exact) mass is 117 g/mol. The minimum absolute atomic E-state index is 0.908. The van der Waals surface area contributed by atoms with Gasteiger partial charge in [0, 0.05) is 11.3 Å². The Morgan fingerprint density at radius 2 is 1.89 bits per heavy atom. The fourth-order valence-electron chi connectivity index (χ4n) is 1.05. The highest BCUT2D eigenvalue weighted by atomic mass is 14.6. The van der Waals surface area contributed by atoms with Crippen molar-refractivity contribution in [2.45, 2.75) is 0 Å². The van der Waals surface area contributed by atoms with E-state index in [-0.39, 0.29) is 0 Å². The van der Waals surface area contributed by atoms with Gasteiger partial charge in [-0.05, 0) is 11.6 Å². The number of hydrogen-bond acceptors (Lipinski definition) is 1. The van der Waals surface area contributed by atoms with Crippen molar-refractivity contribution in [3.63, 3.8) is 0 Å². The van der Waals surface area contributed by atoms with Gasteiger partial charge >= 0.3 is 0 Å². The van der Waals surface area contributed by atoms with E-state index in [1.54, 1.807) is 0 Å². The number of benzene rings is 1. The zero-order valence-corrected chi connectivity index (χ0v) is 4.96. The molecule has 0 saturated heterocycles. The fourth-order valence-corrected chi connectivity index (χ4v) is 1.05. The standard InChI is InChI=1S/C8H7N/c9-8-5-6-3-1-2-4-7(6)8/h1-5H,9H2. The summed E-state index contributed by atoms with van der Waals surface area (Å²) in [5, 5.41) is 0. The summed E-state index contributed by atoms with van der Waals surface area (Å²) >= 11 is 0. The fraction of sp³-hybridized carbons (Fsp3) is 0. The maximum absolute atomic E-state index is 5.55. The van der Waals surface area contributed by atoms with Crippen LogP contribution in [0.2, 0.25) is 0 Å². The SMILES string of the molecule is NC1=Cc2ccccc21. The van der Waals surface area contributed by atoms with Crippen LogP contribution < -0.4 is 5.73 Å². The third kappa shape index (κ3) is 0.486. The van der Waals surface area contributed by atoms with Crippen molar-refractivity contribution >= 4 is 11.8 Å². The number of hydrogen-bond donors (Lipinski definition) is 1. The highest BCUT2D eigenvalue weighted by Gasteiger charge is 2.09. The normalized spacial score (nSPS) is 13.6. The van der Waals surface area contributed by atoms with Gasteiger partial charge < -0.3 is 5.73 Å². The summed E-state index contributed by atoms with van der Waals surface area (Å²) in [6.45, 7) is 0. The Bertz CT molecular complexity index is 274. The van der Waals surface area contributed by atoms with Crippen molar-refractivity contribution in [3.05, 3.63) is 35.4 Å². The van der Waals surface area contributed by atoms with E-state index in [1.165, 1.54) is 11.1 Å². The molecule has 1 nitrogen and oxygen atoms in total. The predicted molar refractivity (Wildman–Crippen MR) is 38.5 cm³/mol. The highest BCUT2D eigenvalue weighted by molar-refractivity contribution is 5.93. The molecule has 0 bridgehead atoms. The first-order valence-corrected chi connectivity index (χ1v) is 2.94. The van der Waals surface area contributed by atoms with E-state index in [0.29, 0.717) is 0 Å². The van der Waals surface area contributed by atoms with Crippen LogP contribution in [-0.2, 0) is 0 Å². The van der Waals surface area contributed by atoms with Gasteiger partial charge in [-0.25, -0.2) is 0 Å². The first-order valence-electron chi connectivity index (χ1n) is 2.94. The molecular formula is C8H7N. The Hall–Kier alpha value is -1.24. The highest BCUT2D eigenvalue weighted by Crippen LogP contribution is 2.26. The Kier molecular flexibility index (Phi) is 0.707. The zero-order chi connectivity index (χ0) is 6.27. The van der Waals surface area contributed by atoms with Crippen LogP contribution in [0.15, 0.2) is 24.3 Å². The van der Waals surface area contributed by atoms with Gasteiger partial charge in [-0.1, -0.05) is 24.3 Å². The second-order valence-corrected chi connectivity index (χ2v) is 2.19. The summed E-state index contributed by atoms with van der Waals surface area (Å²) in [7, 11) is 0. The van der Waals surface area contributed by atoms with Crippen LogP contribution in [0.5, 0.6) is 0 Å². The smallest absolute Gasteiger partial charge is 0.0399 e. The van der Waals surface area contributed by atoms with E-state index in [1.807, 2.05) is 24.3 Å². The van der Waals surface area contributed by atoms with Gasteiger partial charge in [-0.15, -0.1) is 0 Å². The average molecular weight is 117 g/mol. The van der Waals surface area contributed by atoms with Crippen LogP contribution in [-0.4, -0.2) is 0 Å². The molecule has 0 heterocycles. The lowest BCUT2D eigenvalue weighted by atomic mass is 9.95. The second-order valence-electron chi connectivity index (χ2n) is 2.19. The minimum atomic E-state index is 0.908. The van der Waals surface area contributed by atoms with Gasteiger partial charge in [0.2, 0.25) is 0 Å². The first-order chi connectivity index (χ1) is 4.38. The molecule has 0 atom stereocenters. The van der Waals surface area contributed by atoms with Crippen LogP contribution >= 0.6 is 0 Å². The van der Waals surface area contributed by atoms with Crippen LogP contribution in [0.3, 0.4) is 0 Å². The lowest BCUT2D eigenvalue weighted by Gasteiger charge is -2.14. The molecule has 44 valence electrons. The van der Waals surface area contributed by atoms with Crippen LogP contribution in [0.25, 0.3) is 11.8 Å². The Morgan fingerprint density at radius 3 is 2.44 bits per heavy atom. The van der Waals surface area contributed by atoms with E-state index in [4.69, 9.17) is 5.73 Å². The summed E-state index contributed by atoms with van der Waals surface area (Å²) < 4.78 is 0. The summed E-state index contributed by atoms with van der Waals surface area (Å²) in [4.78, 5) is 0. The molecule has 1 aliphatic rings. The molecule has 0 fully saturated rings. The van der Waals surface area contributed by atoms with Gasteiger partial charge in [-0.3, -0.25) is 0 Å². The van der Waals surface area contributed by atoms with E-state index in [0.717, 1.165) is 5.70 Å². The molecule has 9 heavy (non-hydrogen) atoms. The Labute approximate surface area is 53.8 Å². The van der Waals surface area contributed by atoms with Gasteiger partial charge in [0.1, 0.15) is 0 Å². The van der Waals surface area contributed by atoms with E-state index < -0.39 is 0 Å². The zero-order valence-electron chi connectivity index (χ0n) is 4.96. The van der Waals surface area contributed by atoms with Crippen LogP contribution in [0.1, 0.15) is 11.1 Å². The summed E-state index contributed by atoms with van der Waals surface area (Å²) in [5.74, 6) is 0. The first kappa shape index (κ1) is 4.62. The van der Waals surface area contributed by atoms with Crippen LogP contribution in [0, 0.1) is 0 Å². The molecule has 2 N–H and O–H groups in total. The molecule has 0 saturated carbocycles. The maximum atomic E-state index is 5.55. The Balaban J connectivity index is 2.61. The predicted octanol–water partition coefficient (Wildman–Crippen LogP) is 1.46. The van der Waals surface area contributed by atoms with Gasteiger partial charge in [0.25, 0.3) is 0 Å². The molecule has 1 aliphatic carbocycles. The summed E-state index contributed by atoms with van der Waals surface area (Å²) in [6, 6.07) is 8.11. The van der Waals surface area contributed by atoms with Crippen LogP contribution in [0.4, 0.5) is 0 Å². The topological polar surface area (TPSA) is 26.0 Å². The molecule has 1 heteroatoms. The summed E-state index contributed by atoms with van der Waals surface area (Å²) in [6.07, 6.45) is 1.98. The van der Waals surface area contributed by atoms with Gasteiger partial charge in [-0.2, -0.15) is 0 Å². The number of rotatable bonds is 0. The van der Waals surface area contributed by atoms with Crippen molar-refractivity contribution in [3.8, 4) is 0 Å². The quantitative estimate of drug-likeness (QED) is 0.547. The largest absolute Gasteiger partial charge is 0.398 e. The van der Waals surface area contributed by atoms with E-state index >= 15 is 0 Å². The maximum Gasteiger partial charge on any atom is 0.0399 e. The third-order valence-corrected chi connectivity index (χ3v) is 1.58. The van der Waals surface area contributed by atoms with Gasteiger partial charge in [0.05, 0.1) is 0 Å². The van der Waals surface area contributed by atoms with Crippen molar-refractivity contribution < 1.29 is 0 Å². The molecule has 0 unspecified atom stereocenters. The molecule has 0 aromatic heterocycles. The van der Waals surface area contributed by atoms with Gasteiger partial charge in [0.15, 0.2) is 0 Å². The molecule has 0 amide bonds. The molecule has 1 aromatic rings. The molecule has 1 aromatic carbocycles. The van der Waals surface area contributed by atoms with Crippen molar-refractivity contribution in [2.75, 3.05) is 0 Å². The van der Waals surface area contributed by atoms with Crippen molar-refractivity contribution in [2.24, 2.45) is 5.73 Å². The van der Waals surface area contributed by atoms with Crippen molar-refractivity contribution in [1.82, 2.24) is 0 Å². The third-order valence-electron chi connectivity index (χ3n) is 1.58. The molecular weight excluding hydrogens is 110 g/mol. The average Bonchev–Trinajstić information content (AvgIpc) is 1.86. The lowest BCUT2D eigenvalue weighted by Crippen LogP contribution is -2.05. The number of nitrogens with two attached hydrogens (primary N) is 1. The minimum Gasteiger partial charge on any atom is -0.398 e. The molecule has 0 spiro atoms. The second kappa shape index (κ2) is 1.38. The van der Waals surface area contributed by atoms with Crippen molar-refractivity contribution in [1.29, 1.82) is 0 Å². The lowest BCUT2D eigenvalue weighted by molar-refractivity contribution is 1.45.